The van der Waals surface area contributed by atoms with Gasteiger partial charge in [-0.25, -0.2) is 26.7 Å². The van der Waals surface area contributed by atoms with Gasteiger partial charge >= 0.3 is 6.09 Å². The number of aryl methyl sites for hydroxylation is 1. The van der Waals surface area contributed by atoms with Gasteiger partial charge in [0.15, 0.2) is 23.3 Å². The molecule has 0 aliphatic carbocycles. The van der Waals surface area contributed by atoms with Gasteiger partial charge < -0.3 is 4.74 Å². The second-order valence-electron chi connectivity index (χ2n) is 5.56. The van der Waals surface area contributed by atoms with E-state index in [0.29, 0.717) is 0 Å². The van der Waals surface area contributed by atoms with E-state index in [9.17, 15) is 26.7 Å². The first kappa shape index (κ1) is 19.7. The predicted molar refractivity (Wildman–Crippen MR) is 85.5 cm³/mol. The van der Waals surface area contributed by atoms with Crippen molar-refractivity contribution >= 4 is 11.8 Å². The van der Waals surface area contributed by atoms with E-state index in [0.717, 1.165) is 31.2 Å². The van der Waals surface area contributed by atoms with Crippen LogP contribution < -0.4 is 10.1 Å². The van der Waals surface area contributed by atoms with Crippen LogP contribution in [0.3, 0.4) is 0 Å². The number of nitrogens with one attached hydrogen (secondary N) is 1. The number of ether oxygens (including phenoxy) is 1. The Morgan fingerprint density at radius 2 is 1.42 bits per heavy atom. The van der Waals surface area contributed by atoms with Gasteiger partial charge in [0, 0.05) is 0 Å². The van der Waals surface area contributed by atoms with Gasteiger partial charge in [-0.2, -0.15) is 0 Å². The van der Waals surface area contributed by atoms with Gasteiger partial charge in [0.1, 0.15) is 11.4 Å². The normalized spacial score (nSPS) is 10.7. The quantitative estimate of drug-likeness (QED) is 0.304. The molecule has 0 saturated heterocycles. The Morgan fingerprint density at radius 1 is 0.885 bits per heavy atom. The maximum Gasteiger partial charge on any atom is 0.417 e. The lowest BCUT2D eigenvalue weighted by Crippen LogP contribution is -2.20. The molecule has 0 radical (unpaired) electrons. The molecule has 0 unspecified atom stereocenters. The van der Waals surface area contributed by atoms with Crippen LogP contribution in [0.2, 0.25) is 0 Å². The van der Waals surface area contributed by atoms with Crippen LogP contribution in [0.1, 0.15) is 31.7 Å². The van der Waals surface area contributed by atoms with Crippen molar-refractivity contribution in [3.8, 4) is 5.75 Å². The van der Waals surface area contributed by atoms with Gasteiger partial charge in [-0.3, -0.25) is 5.32 Å². The molecule has 0 aliphatic heterocycles. The van der Waals surface area contributed by atoms with Crippen molar-refractivity contribution < 1.29 is 31.5 Å². The summed E-state index contributed by atoms with van der Waals surface area (Å²) in [5.74, 6) is -10.9. The highest BCUT2D eigenvalue weighted by Gasteiger charge is 2.27. The van der Waals surface area contributed by atoms with Crippen molar-refractivity contribution in [3.63, 3.8) is 0 Å². The van der Waals surface area contributed by atoms with E-state index in [1.54, 1.807) is 12.1 Å². The summed E-state index contributed by atoms with van der Waals surface area (Å²) in [5.41, 5.74) is -0.450. The minimum absolute atomic E-state index is 0.0608. The van der Waals surface area contributed by atoms with Gasteiger partial charge in [-0.05, 0) is 30.5 Å². The smallest absolute Gasteiger partial charge is 0.410 e. The molecule has 2 aromatic carbocycles. The molecular formula is C18H16F5NO2. The predicted octanol–water partition coefficient (Wildman–Crippen LogP) is 5.73. The van der Waals surface area contributed by atoms with E-state index in [1.807, 2.05) is 0 Å². The molecule has 0 atom stereocenters. The molecular weight excluding hydrogens is 357 g/mol. The third-order valence-corrected chi connectivity index (χ3v) is 3.64. The first-order chi connectivity index (χ1) is 12.3. The highest BCUT2D eigenvalue weighted by atomic mass is 19.2. The Hall–Kier alpha value is -2.64. The van der Waals surface area contributed by atoms with Crippen molar-refractivity contribution in [1.82, 2.24) is 0 Å². The number of halogens is 5. The highest BCUT2D eigenvalue weighted by molar-refractivity contribution is 5.86. The summed E-state index contributed by atoms with van der Waals surface area (Å²) in [6.07, 6.45) is 2.65. The molecule has 0 aliphatic rings. The van der Waals surface area contributed by atoms with E-state index in [1.165, 1.54) is 17.4 Å². The molecule has 1 N–H and O–H groups in total. The van der Waals surface area contributed by atoms with Crippen LogP contribution in [0.5, 0.6) is 5.75 Å². The monoisotopic (exact) mass is 373 g/mol. The number of hydrogen-bond donors (Lipinski definition) is 1. The maximum absolute atomic E-state index is 13.5. The molecule has 1 amide bonds. The van der Waals surface area contributed by atoms with Crippen LogP contribution in [0, 0.1) is 29.1 Å². The first-order valence-corrected chi connectivity index (χ1v) is 7.94. The van der Waals surface area contributed by atoms with Crippen molar-refractivity contribution in [1.29, 1.82) is 0 Å². The van der Waals surface area contributed by atoms with Gasteiger partial charge in [0.2, 0.25) is 5.82 Å². The molecule has 3 nitrogen and oxygen atoms in total. The number of rotatable bonds is 6. The lowest BCUT2D eigenvalue weighted by molar-refractivity contribution is 0.214. The molecule has 2 rings (SSSR count). The molecule has 0 spiro atoms. The van der Waals surface area contributed by atoms with E-state index >= 15 is 0 Å². The summed E-state index contributed by atoms with van der Waals surface area (Å²) in [6.45, 7) is 2.08. The van der Waals surface area contributed by atoms with Crippen LogP contribution in [0.25, 0.3) is 0 Å². The minimum atomic E-state index is -2.31. The maximum atomic E-state index is 13.5. The standard InChI is InChI=1S/C18H16F5NO2/c1-2-3-4-5-10-6-8-11(9-7-10)26-18(25)24-17-15(22)13(20)12(19)14(21)16(17)23/h6-9H,2-5H2,1H3,(H,24,25). The Balaban J connectivity index is 2.05. The Labute approximate surface area is 146 Å². The fraction of sp³-hybridized carbons (Fsp3) is 0.278. The summed E-state index contributed by atoms with van der Waals surface area (Å²) < 4.78 is 71.0. The molecule has 8 heteroatoms. The zero-order valence-corrected chi connectivity index (χ0v) is 13.8. The van der Waals surface area contributed by atoms with Crippen LogP contribution in [-0.2, 0) is 6.42 Å². The lowest BCUT2D eigenvalue weighted by Gasteiger charge is -2.10. The van der Waals surface area contributed by atoms with Crippen molar-refractivity contribution in [2.75, 3.05) is 5.32 Å². The average Bonchev–Trinajstić information content (AvgIpc) is 2.63. The molecule has 26 heavy (non-hydrogen) atoms. The Bertz CT molecular complexity index is 764. The topological polar surface area (TPSA) is 38.3 Å². The number of carbonyl (C=O) groups excluding carboxylic acids is 1. The van der Waals surface area contributed by atoms with Gasteiger partial charge in [0.05, 0.1) is 0 Å². The van der Waals surface area contributed by atoms with Crippen LogP contribution in [0.15, 0.2) is 24.3 Å². The molecule has 2 aromatic rings. The lowest BCUT2D eigenvalue weighted by atomic mass is 10.1. The summed E-state index contributed by atoms with van der Waals surface area (Å²) in [5, 5.41) is 1.53. The van der Waals surface area contributed by atoms with Crippen molar-refractivity contribution in [2.24, 2.45) is 0 Å². The van der Waals surface area contributed by atoms with Crippen LogP contribution in [0.4, 0.5) is 32.4 Å². The fourth-order valence-electron chi connectivity index (χ4n) is 2.25. The fourth-order valence-corrected chi connectivity index (χ4v) is 2.25. The third kappa shape index (κ3) is 4.50. The molecule has 0 bridgehead atoms. The number of amides is 1. The largest absolute Gasteiger partial charge is 0.417 e. The van der Waals surface area contributed by atoms with Gasteiger partial charge in [-0.1, -0.05) is 31.9 Å². The third-order valence-electron chi connectivity index (χ3n) is 3.64. The van der Waals surface area contributed by atoms with E-state index in [4.69, 9.17) is 4.74 Å². The van der Waals surface area contributed by atoms with E-state index in [-0.39, 0.29) is 5.75 Å². The van der Waals surface area contributed by atoms with Gasteiger partial charge in [0.25, 0.3) is 0 Å². The number of hydrogen-bond acceptors (Lipinski definition) is 2. The number of unbranched alkanes of at least 4 members (excludes halogenated alkanes) is 2. The number of benzene rings is 2. The molecule has 0 fully saturated rings. The van der Waals surface area contributed by atoms with Crippen molar-refractivity contribution in [3.05, 3.63) is 58.9 Å². The van der Waals surface area contributed by atoms with Crippen molar-refractivity contribution in [2.45, 2.75) is 32.6 Å². The van der Waals surface area contributed by atoms with Crippen LogP contribution >= 0.6 is 0 Å². The average molecular weight is 373 g/mol. The molecule has 140 valence electrons. The first-order valence-electron chi connectivity index (χ1n) is 7.94. The SMILES string of the molecule is CCCCCc1ccc(OC(=O)Nc2c(F)c(F)c(F)c(F)c2F)cc1. The van der Waals surface area contributed by atoms with E-state index < -0.39 is 40.9 Å². The molecule has 0 aromatic heterocycles. The zero-order valence-electron chi connectivity index (χ0n) is 13.8. The Kier molecular flexibility index (Phi) is 6.54. The van der Waals surface area contributed by atoms with Crippen LogP contribution in [-0.4, -0.2) is 6.09 Å². The van der Waals surface area contributed by atoms with Gasteiger partial charge in [-0.15, -0.1) is 0 Å². The molecule has 0 saturated carbocycles. The number of anilines is 1. The zero-order chi connectivity index (χ0) is 19.3. The second-order valence-corrected chi connectivity index (χ2v) is 5.56. The number of carbonyl (C=O) groups is 1. The second kappa shape index (κ2) is 8.64. The summed E-state index contributed by atoms with van der Waals surface area (Å²) >= 11 is 0. The minimum Gasteiger partial charge on any atom is -0.410 e. The van der Waals surface area contributed by atoms with E-state index in [2.05, 4.69) is 6.92 Å². The summed E-state index contributed by atoms with van der Waals surface area (Å²) in [4.78, 5) is 11.7. The highest BCUT2D eigenvalue weighted by Crippen LogP contribution is 2.27. The molecule has 0 heterocycles. The summed E-state index contributed by atoms with van der Waals surface area (Å²) in [6, 6.07) is 6.38. The summed E-state index contributed by atoms with van der Waals surface area (Å²) in [7, 11) is 0. The Morgan fingerprint density at radius 3 is 1.96 bits per heavy atom.